The second kappa shape index (κ2) is 4.65. The van der Waals surface area contributed by atoms with Crippen molar-refractivity contribution in [1.82, 2.24) is 0 Å². The lowest BCUT2D eigenvalue weighted by Crippen LogP contribution is -2.33. The monoisotopic (exact) mass is 262 g/mol. The molecule has 0 saturated carbocycles. The summed E-state index contributed by atoms with van der Waals surface area (Å²) in [5.74, 6) is 1.43. The van der Waals surface area contributed by atoms with E-state index < -0.39 is 5.91 Å². The number of nitrogens with zero attached hydrogens (tertiary/aromatic N) is 1. The van der Waals surface area contributed by atoms with E-state index in [9.17, 15) is 9.59 Å². The summed E-state index contributed by atoms with van der Waals surface area (Å²) >= 11 is 1.97. The van der Waals surface area contributed by atoms with Gasteiger partial charge in [0.15, 0.2) is 0 Å². The number of Topliss-reactive ketones (excluding diaryl/α,β-unsaturated/α-hetero) is 1. The molecule has 1 fully saturated rings. The Morgan fingerprint density at radius 2 is 1.94 bits per heavy atom. The second-order valence-corrected chi connectivity index (χ2v) is 5.72. The SMILES string of the molecule is O=C1Cc2ccc(N3CCSCC3)cc2NC1=O. The number of nitrogens with one attached hydrogen (secondary N) is 1. The van der Waals surface area contributed by atoms with Crippen LogP contribution >= 0.6 is 11.8 Å². The van der Waals surface area contributed by atoms with Crippen LogP contribution in [0.3, 0.4) is 0 Å². The third-order valence-electron chi connectivity index (χ3n) is 3.32. The maximum Gasteiger partial charge on any atom is 0.292 e. The Kier molecular flexibility index (Phi) is 2.99. The molecule has 5 heteroatoms. The van der Waals surface area contributed by atoms with E-state index in [0.29, 0.717) is 0 Å². The predicted octanol–water partition coefficient (Wildman–Crippen LogP) is 1.30. The van der Waals surface area contributed by atoms with E-state index in [1.165, 1.54) is 0 Å². The molecule has 0 spiro atoms. The molecule has 0 aromatic heterocycles. The molecule has 3 rings (SSSR count). The van der Waals surface area contributed by atoms with Gasteiger partial charge in [0.2, 0.25) is 5.78 Å². The molecule has 0 aliphatic carbocycles. The van der Waals surface area contributed by atoms with Gasteiger partial charge >= 0.3 is 0 Å². The molecule has 1 aromatic carbocycles. The summed E-state index contributed by atoms with van der Waals surface area (Å²) in [5, 5.41) is 2.67. The van der Waals surface area contributed by atoms with Gasteiger partial charge in [-0.05, 0) is 17.7 Å². The Bertz CT molecular complexity index is 510. The number of hydrogen-bond donors (Lipinski definition) is 1. The number of fused-ring (bicyclic) bond motifs is 1. The Balaban J connectivity index is 1.88. The molecular weight excluding hydrogens is 248 g/mol. The maximum absolute atomic E-state index is 11.4. The molecule has 0 unspecified atom stereocenters. The van der Waals surface area contributed by atoms with Crippen molar-refractivity contribution < 1.29 is 9.59 Å². The van der Waals surface area contributed by atoms with E-state index in [4.69, 9.17) is 0 Å². The third-order valence-corrected chi connectivity index (χ3v) is 4.26. The molecule has 2 aliphatic rings. The summed E-state index contributed by atoms with van der Waals surface area (Å²) in [5.41, 5.74) is 2.83. The van der Waals surface area contributed by atoms with Crippen molar-refractivity contribution in [1.29, 1.82) is 0 Å². The van der Waals surface area contributed by atoms with Gasteiger partial charge < -0.3 is 10.2 Å². The van der Waals surface area contributed by atoms with Crippen molar-refractivity contribution in [2.75, 3.05) is 34.8 Å². The van der Waals surface area contributed by atoms with Gasteiger partial charge in [0.25, 0.3) is 5.91 Å². The predicted molar refractivity (Wildman–Crippen MR) is 73.3 cm³/mol. The highest BCUT2D eigenvalue weighted by molar-refractivity contribution is 7.99. The molecule has 4 nitrogen and oxygen atoms in total. The van der Waals surface area contributed by atoms with Crippen LogP contribution < -0.4 is 10.2 Å². The summed E-state index contributed by atoms with van der Waals surface area (Å²) in [6, 6.07) is 5.97. The lowest BCUT2D eigenvalue weighted by Gasteiger charge is -2.29. The number of thioether (sulfide) groups is 1. The normalized spacial score (nSPS) is 19.4. The minimum Gasteiger partial charge on any atom is -0.370 e. The zero-order valence-electron chi connectivity index (χ0n) is 9.94. The fraction of sp³-hybridized carbons (Fsp3) is 0.385. The standard InChI is InChI=1S/C13H14N2O2S/c16-12-7-9-1-2-10(8-11(9)14-13(12)17)15-3-5-18-6-4-15/h1-2,8H,3-7H2,(H,14,17). The van der Waals surface area contributed by atoms with Crippen molar-refractivity contribution in [3.63, 3.8) is 0 Å². The Hall–Kier alpha value is -1.49. The molecule has 0 radical (unpaired) electrons. The summed E-state index contributed by atoms with van der Waals surface area (Å²) in [4.78, 5) is 25.0. The summed E-state index contributed by atoms with van der Waals surface area (Å²) < 4.78 is 0. The van der Waals surface area contributed by atoms with Gasteiger partial charge in [0.05, 0.1) is 0 Å². The van der Waals surface area contributed by atoms with Crippen LogP contribution in [0.4, 0.5) is 11.4 Å². The maximum atomic E-state index is 11.4. The number of rotatable bonds is 1. The summed E-state index contributed by atoms with van der Waals surface area (Å²) in [6.45, 7) is 2.08. The molecular formula is C13H14N2O2S. The van der Waals surface area contributed by atoms with Gasteiger partial charge in [-0.1, -0.05) is 6.07 Å². The van der Waals surface area contributed by atoms with Crippen molar-refractivity contribution in [3.8, 4) is 0 Å². The molecule has 1 saturated heterocycles. The number of carbonyl (C=O) groups is 2. The zero-order chi connectivity index (χ0) is 12.5. The quantitative estimate of drug-likeness (QED) is 0.775. The van der Waals surface area contributed by atoms with Crippen LogP contribution in [-0.2, 0) is 16.0 Å². The lowest BCUT2D eigenvalue weighted by atomic mass is 10.0. The zero-order valence-corrected chi connectivity index (χ0v) is 10.8. The minimum atomic E-state index is -0.492. The van der Waals surface area contributed by atoms with Gasteiger partial charge in [0.1, 0.15) is 0 Å². The fourth-order valence-corrected chi connectivity index (χ4v) is 3.20. The van der Waals surface area contributed by atoms with Crippen molar-refractivity contribution in [2.24, 2.45) is 0 Å². The number of benzene rings is 1. The number of anilines is 2. The van der Waals surface area contributed by atoms with Crippen LogP contribution in [-0.4, -0.2) is 36.3 Å². The topological polar surface area (TPSA) is 49.4 Å². The first-order chi connectivity index (χ1) is 8.74. The highest BCUT2D eigenvalue weighted by Gasteiger charge is 2.24. The molecule has 1 amide bonds. The first-order valence-electron chi connectivity index (χ1n) is 6.04. The van der Waals surface area contributed by atoms with Gasteiger partial charge in [-0.15, -0.1) is 0 Å². The molecule has 94 valence electrons. The Morgan fingerprint density at radius 1 is 1.17 bits per heavy atom. The van der Waals surface area contributed by atoms with Crippen LogP contribution in [0.1, 0.15) is 5.56 Å². The molecule has 0 bridgehead atoms. The summed E-state index contributed by atoms with van der Waals surface area (Å²) in [7, 11) is 0. The van der Waals surface area contributed by atoms with Crippen LogP contribution in [0.15, 0.2) is 18.2 Å². The minimum absolute atomic E-state index is 0.220. The van der Waals surface area contributed by atoms with Crippen LogP contribution in [0.25, 0.3) is 0 Å². The molecule has 2 aliphatic heterocycles. The molecule has 0 atom stereocenters. The number of amides is 1. The van der Waals surface area contributed by atoms with Crippen molar-refractivity contribution in [2.45, 2.75) is 6.42 Å². The molecule has 1 aromatic rings. The number of ketones is 1. The average molecular weight is 262 g/mol. The second-order valence-electron chi connectivity index (χ2n) is 4.49. The molecule has 18 heavy (non-hydrogen) atoms. The van der Waals surface area contributed by atoms with Gasteiger partial charge in [0, 0.05) is 42.4 Å². The largest absolute Gasteiger partial charge is 0.370 e. The van der Waals surface area contributed by atoms with Crippen LogP contribution in [0.2, 0.25) is 0 Å². The lowest BCUT2D eigenvalue weighted by molar-refractivity contribution is -0.134. The van der Waals surface area contributed by atoms with Gasteiger partial charge in [-0.3, -0.25) is 9.59 Å². The van der Waals surface area contributed by atoms with Crippen molar-refractivity contribution >= 4 is 34.8 Å². The Morgan fingerprint density at radius 3 is 2.72 bits per heavy atom. The first kappa shape index (κ1) is 11.6. The van der Waals surface area contributed by atoms with E-state index in [2.05, 4.69) is 10.2 Å². The fourth-order valence-electron chi connectivity index (χ4n) is 2.30. The smallest absolute Gasteiger partial charge is 0.292 e. The van der Waals surface area contributed by atoms with E-state index in [1.54, 1.807) is 0 Å². The van der Waals surface area contributed by atoms with Crippen molar-refractivity contribution in [3.05, 3.63) is 23.8 Å². The van der Waals surface area contributed by atoms with Crippen LogP contribution in [0.5, 0.6) is 0 Å². The third kappa shape index (κ3) is 2.10. The van der Waals surface area contributed by atoms with E-state index >= 15 is 0 Å². The molecule has 2 heterocycles. The van der Waals surface area contributed by atoms with E-state index in [0.717, 1.165) is 41.5 Å². The van der Waals surface area contributed by atoms with E-state index in [-0.39, 0.29) is 12.2 Å². The average Bonchev–Trinajstić information content (AvgIpc) is 2.41. The highest BCUT2D eigenvalue weighted by Crippen LogP contribution is 2.28. The van der Waals surface area contributed by atoms with Gasteiger partial charge in [-0.25, -0.2) is 0 Å². The van der Waals surface area contributed by atoms with E-state index in [1.807, 2.05) is 30.0 Å². The first-order valence-corrected chi connectivity index (χ1v) is 7.19. The highest BCUT2D eigenvalue weighted by atomic mass is 32.2. The van der Waals surface area contributed by atoms with Crippen LogP contribution in [0, 0.1) is 0 Å². The Labute approximate surface area is 110 Å². The number of carbonyl (C=O) groups excluding carboxylic acids is 2. The van der Waals surface area contributed by atoms with Gasteiger partial charge in [-0.2, -0.15) is 11.8 Å². The summed E-state index contributed by atoms with van der Waals surface area (Å²) in [6.07, 6.45) is 0.220. The molecule has 1 N–H and O–H groups in total. The number of hydrogen-bond acceptors (Lipinski definition) is 4.